The van der Waals surface area contributed by atoms with Gasteiger partial charge in [-0.15, -0.1) is 0 Å². The van der Waals surface area contributed by atoms with E-state index in [1.807, 2.05) is 58.9 Å². The topological polar surface area (TPSA) is 189 Å². The lowest BCUT2D eigenvalue weighted by Crippen LogP contribution is -2.65. The Morgan fingerprint density at radius 1 is 0.960 bits per heavy atom. The van der Waals surface area contributed by atoms with E-state index in [1.165, 1.54) is 4.90 Å². The lowest BCUT2D eigenvalue weighted by molar-refractivity contribution is -0.144. The number of likely N-dealkylation sites (tertiary alicyclic amines) is 1. The minimum atomic E-state index is -1.15. The van der Waals surface area contributed by atoms with Crippen molar-refractivity contribution in [3.63, 3.8) is 0 Å². The molecule has 2 aliphatic carbocycles. The fraction of sp³-hybridized carbons (Fsp3) is 0.676. The summed E-state index contributed by atoms with van der Waals surface area (Å²) in [6.07, 6.45) is 6.08. The number of carbonyl (C=O) groups is 6. The highest BCUT2D eigenvalue weighted by Gasteiger charge is 2.49. The Labute approximate surface area is 295 Å². The molecular weight excluding hydrogens is 640 g/mol. The van der Waals surface area contributed by atoms with Crippen molar-refractivity contribution in [1.82, 2.24) is 26.2 Å². The van der Waals surface area contributed by atoms with Gasteiger partial charge in [0.15, 0.2) is 0 Å². The molecule has 0 aromatic heterocycles. The van der Waals surface area contributed by atoms with E-state index < -0.39 is 58.6 Å². The largest absolute Gasteiger partial charge is 0.497 e. The summed E-state index contributed by atoms with van der Waals surface area (Å²) in [7, 11) is 1.59. The molecule has 1 unspecified atom stereocenters. The maximum absolute atomic E-state index is 14.4. The van der Waals surface area contributed by atoms with Gasteiger partial charge in [0.05, 0.1) is 13.2 Å². The van der Waals surface area contributed by atoms with Crippen molar-refractivity contribution in [3.05, 3.63) is 29.8 Å². The second-order valence-corrected chi connectivity index (χ2v) is 15.7. The van der Waals surface area contributed by atoms with Crippen LogP contribution in [0.3, 0.4) is 0 Å². The highest BCUT2D eigenvalue weighted by molar-refractivity contribution is 6.37. The summed E-state index contributed by atoms with van der Waals surface area (Å²) in [5.74, 6) is -2.43. The Balaban J connectivity index is 1.50. The molecule has 1 heterocycles. The van der Waals surface area contributed by atoms with Crippen LogP contribution in [0.25, 0.3) is 0 Å². The van der Waals surface area contributed by atoms with E-state index in [4.69, 9.17) is 10.5 Å². The summed E-state index contributed by atoms with van der Waals surface area (Å²) in [4.78, 5) is 81.8. The third-order valence-electron chi connectivity index (χ3n) is 10.5. The van der Waals surface area contributed by atoms with Crippen LogP contribution in [0.2, 0.25) is 0 Å². The number of hydrogen-bond donors (Lipinski definition) is 5. The van der Waals surface area contributed by atoms with Gasteiger partial charge in [0.2, 0.25) is 23.5 Å². The number of urea groups is 1. The summed E-state index contributed by atoms with van der Waals surface area (Å²) in [6, 6.07) is 3.72. The Morgan fingerprint density at radius 2 is 1.60 bits per heavy atom. The smallest absolute Gasteiger partial charge is 0.316 e. The van der Waals surface area contributed by atoms with Crippen LogP contribution in [-0.2, 0) is 30.5 Å². The van der Waals surface area contributed by atoms with Gasteiger partial charge in [-0.05, 0) is 66.5 Å². The molecule has 6 amide bonds. The first-order chi connectivity index (χ1) is 23.6. The van der Waals surface area contributed by atoms with Crippen LogP contribution in [0.15, 0.2) is 24.3 Å². The zero-order valence-electron chi connectivity index (χ0n) is 30.4. The van der Waals surface area contributed by atoms with Crippen LogP contribution < -0.4 is 31.7 Å². The predicted molar refractivity (Wildman–Crippen MR) is 187 cm³/mol. The van der Waals surface area contributed by atoms with Crippen LogP contribution >= 0.6 is 0 Å². The van der Waals surface area contributed by atoms with E-state index in [0.29, 0.717) is 31.4 Å². The molecule has 3 aliphatic rings. The van der Waals surface area contributed by atoms with Gasteiger partial charge in [0, 0.05) is 13.1 Å². The molecule has 13 heteroatoms. The number of carbonyl (C=O) groups excluding carboxylic acids is 6. The van der Waals surface area contributed by atoms with Crippen LogP contribution in [0, 0.1) is 23.2 Å². The van der Waals surface area contributed by atoms with E-state index in [1.54, 1.807) is 7.11 Å². The molecule has 0 bridgehead atoms. The number of methoxy groups -OCH3 is 1. The molecule has 4 rings (SSSR count). The first kappa shape index (κ1) is 38.6. The lowest BCUT2D eigenvalue weighted by atomic mass is 9.80. The van der Waals surface area contributed by atoms with Gasteiger partial charge in [-0.25, -0.2) is 4.79 Å². The fourth-order valence-electron chi connectivity index (χ4n) is 7.30. The molecule has 1 aromatic rings. The Hall–Kier alpha value is -4.16. The molecule has 2 saturated carbocycles. The SMILES string of the molecule is COc1ccc(CNC(=O)C2(NC(=O)N[C@H](C(=O)N3CC[C@H](C(C)C)[C@H]3C(=O)NC(CC3CC3)C(=O)C(N)=O)C(C)(C)C)CCCCC2)cc1. The van der Waals surface area contributed by atoms with Gasteiger partial charge < -0.3 is 36.6 Å². The number of nitrogens with two attached hydrogens (primary N) is 1. The van der Waals surface area contributed by atoms with Crippen LogP contribution in [-0.4, -0.2) is 77.7 Å². The highest BCUT2D eigenvalue weighted by Crippen LogP contribution is 2.36. The van der Waals surface area contributed by atoms with Gasteiger partial charge in [-0.2, -0.15) is 0 Å². The van der Waals surface area contributed by atoms with Crippen LogP contribution in [0.5, 0.6) is 5.75 Å². The van der Waals surface area contributed by atoms with E-state index in [9.17, 15) is 28.8 Å². The second-order valence-electron chi connectivity index (χ2n) is 15.7. The molecule has 3 fully saturated rings. The van der Waals surface area contributed by atoms with Gasteiger partial charge >= 0.3 is 6.03 Å². The number of ether oxygens (including phenoxy) is 1. The molecule has 6 N–H and O–H groups in total. The van der Waals surface area contributed by atoms with Gasteiger partial charge in [-0.1, -0.05) is 78.9 Å². The Kier molecular flexibility index (Phi) is 12.6. The van der Waals surface area contributed by atoms with Crippen molar-refractivity contribution in [2.45, 2.75) is 123 Å². The van der Waals surface area contributed by atoms with Crippen molar-refractivity contribution < 1.29 is 33.5 Å². The van der Waals surface area contributed by atoms with E-state index >= 15 is 0 Å². The number of ketones is 1. The third-order valence-corrected chi connectivity index (χ3v) is 10.5. The number of amides is 6. The zero-order valence-corrected chi connectivity index (χ0v) is 30.4. The molecule has 1 aliphatic heterocycles. The van der Waals surface area contributed by atoms with E-state index in [2.05, 4.69) is 21.3 Å². The van der Waals surface area contributed by atoms with Gasteiger partial charge in [0.25, 0.3) is 5.91 Å². The number of rotatable bonds is 14. The predicted octanol–water partition coefficient (Wildman–Crippen LogP) is 2.94. The normalized spacial score (nSPS) is 21.5. The zero-order chi connectivity index (χ0) is 36.8. The second kappa shape index (κ2) is 16.2. The number of nitrogens with one attached hydrogen (secondary N) is 4. The van der Waals surface area contributed by atoms with E-state index in [0.717, 1.165) is 37.7 Å². The van der Waals surface area contributed by atoms with Crippen molar-refractivity contribution in [2.24, 2.45) is 28.9 Å². The molecular formula is C37H56N6O7. The Bertz CT molecular complexity index is 1410. The molecule has 1 saturated heterocycles. The first-order valence-corrected chi connectivity index (χ1v) is 18.0. The molecule has 50 heavy (non-hydrogen) atoms. The first-order valence-electron chi connectivity index (χ1n) is 18.0. The summed E-state index contributed by atoms with van der Waals surface area (Å²) < 4.78 is 5.22. The summed E-state index contributed by atoms with van der Waals surface area (Å²) >= 11 is 0. The minimum Gasteiger partial charge on any atom is -0.497 e. The van der Waals surface area contributed by atoms with Crippen molar-refractivity contribution >= 4 is 35.4 Å². The number of Topliss-reactive ketones (excluding diaryl/α,β-unsaturated/α-hetero) is 1. The van der Waals surface area contributed by atoms with Gasteiger partial charge in [0.1, 0.15) is 23.4 Å². The summed E-state index contributed by atoms with van der Waals surface area (Å²) in [5, 5.41) is 11.6. The number of nitrogens with zero attached hydrogens (tertiary/aromatic N) is 1. The standard InChI is InChI=1S/C37H56N6O7/c1-22(2)26-16-19-43(28(26)32(46)40-27(20-23-10-11-23)29(44)31(38)45)33(47)30(36(3,4)5)41-35(49)42-37(17-8-7-9-18-37)34(48)39-21-24-12-14-25(50-6)15-13-24/h12-15,22-23,26-28,30H,7-11,16-21H2,1-6H3,(H2,38,45)(H,39,48)(H,40,46)(H2,41,42,49)/t26-,27?,28+,30-/m1/s1. The number of benzene rings is 1. The summed E-state index contributed by atoms with van der Waals surface area (Å²) in [5.41, 5.74) is 4.28. The minimum absolute atomic E-state index is 0.0317. The molecule has 0 spiro atoms. The number of hydrogen-bond acceptors (Lipinski definition) is 7. The molecule has 276 valence electrons. The van der Waals surface area contributed by atoms with E-state index in [-0.39, 0.29) is 36.8 Å². The Morgan fingerprint density at radius 3 is 2.14 bits per heavy atom. The molecule has 0 radical (unpaired) electrons. The van der Waals surface area contributed by atoms with Crippen LogP contribution in [0.4, 0.5) is 4.79 Å². The van der Waals surface area contributed by atoms with Crippen molar-refractivity contribution in [1.29, 1.82) is 0 Å². The molecule has 4 atom stereocenters. The average molecular weight is 697 g/mol. The number of primary amides is 1. The lowest BCUT2D eigenvalue weighted by Gasteiger charge is -2.39. The summed E-state index contributed by atoms with van der Waals surface area (Å²) in [6.45, 7) is 10.0. The maximum Gasteiger partial charge on any atom is 0.316 e. The quantitative estimate of drug-likeness (QED) is 0.185. The fourth-order valence-corrected chi connectivity index (χ4v) is 7.30. The monoisotopic (exact) mass is 696 g/mol. The van der Waals surface area contributed by atoms with Gasteiger partial charge in [-0.3, -0.25) is 24.0 Å². The molecule has 13 nitrogen and oxygen atoms in total. The van der Waals surface area contributed by atoms with Crippen molar-refractivity contribution in [3.8, 4) is 5.75 Å². The highest BCUT2D eigenvalue weighted by atomic mass is 16.5. The third kappa shape index (κ3) is 9.54. The average Bonchev–Trinajstić information content (AvgIpc) is 3.78. The maximum atomic E-state index is 14.4. The molecule has 1 aromatic carbocycles. The van der Waals surface area contributed by atoms with Crippen LogP contribution in [0.1, 0.15) is 98.0 Å². The van der Waals surface area contributed by atoms with Crippen molar-refractivity contribution in [2.75, 3.05) is 13.7 Å².